The molecule has 2 fully saturated rings. The molecule has 0 unspecified atom stereocenters. The zero-order valence-electron chi connectivity index (χ0n) is 18.0. The molecule has 168 valence electrons. The van der Waals surface area contributed by atoms with Crippen LogP contribution in [0.5, 0.6) is 11.5 Å². The number of likely N-dealkylation sites (tertiary alicyclic amines) is 1. The first kappa shape index (κ1) is 23.7. The fraction of sp³-hybridized carbons (Fsp3) is 0.500. The number of imide groups is 1. The number of ether oxygens (including phenoxy) is 2. The van der Waals surface area contributed by atoms with Gasteiger partial charge in [0.05, 0.1) is 22.6 Å². The van der Waals surface area contributed by atoms with Crippen molar-refractivity contribution in [3.8, 4) is 11.5 Å². The van der Waals surface area contributed by atoms with Gasteiger partial charge < -0.3 is 14.4 Å². The lowest BCUT2D eigenvalue weighted by Gasteiger charge is -2.27. The quantitative estimate of drug-likeness (QED) is 0.495. The summed E-state index contributed by atoms with van der Waals surface area (Å²) >= 11 is 4.35. The molecule has 2 aliphatic heterocycles. The number of thioether (sulfide) groups is 1. The molecule has 31 heavy (non-hydrogen) atoms. The summed E-state index contributed by atoms with van der Waals surface area (Å²) < 4.78 is 12.1. The van der Waals surface area contributed by atoms with Gasteiger partial charge in [0.25, 0.3) is 11.1 Å². The number of hydrogen-bond acceptors (Lipinski definition) is 6. The number of benzene rings is 1. The third kappa shape index (κ3) is 5.63. The van der Waals surface area contributed by atoms with E-state index in [2.05, 4.69) is 15.9 Å². The lowest BCUT2D eigenvalue weighted by atomic mass is 10.1. The highest BCUT2D eigenvalue weighted by Gasteiger charge is 2.37. The first-order chi connectivity index (χ1) is 14.8. The number of rotatable bonds is 7. The van der Waals surface area contributed by atoms with E-state index < -0.39 is 11.1 Å². The summed E-state index contributed by atoms with van der Waals surface area (Å²) in [5, 5.41) is -0.427. The standard InChI is InChI=1S/C22H27BrN2O5S/c1-4-14(2)30-20-16(23)10-15(11-17(20)29-3)12-18-21(27)25(22(28)31-18)13-19(26)24-8-6-5-7-9-24/h10-12,14H,4-9,13H2,1-3H3/b18-12-/t14-/m1/s1. The van der Waals surface area contributed by atoms with Crippen LogP contribution in [-0.4, -0.2) is 59.7 Å². The zero-order chi connectivity index (χ0) is 22.5. The Morgan fingerprint density at radius 3 is 2.61 bits per heavy atom. The minimum atomic E-state index is -0.449. The van der Waals surface area contributed by atoms with Gasteiger partial charge in [-0.15, -0.1) is 0 Å². The Bertz CT molecular complexity index is 898. The molecule has 0 aromatic heterocycles. The maximum Gasteiger partial charge on any atom is 0.294 e. The van der Waals surface area contributed by atoms with Gasteiger partial charge in [0, 0.05) is 13.1 Å². The average Bonchev–Trinajstić information content (AvgIpc) is 3.02. The van der Waals surface area contributed by atoms with Crippen LogP contribution in [0.15, 0.2) is 21.5 Å². The van der Waals surface area contributed by atoms with Gasteiger partial charge in [-0.1, -0.05) is 6.92 Å². The summed E-state index contributed by atoms with van der Waals surface area (Å²) in [5.74, 6) is 0.490. The van der Waals surface area contributed by atoms with Crippen LogP contribution < -0.4 is 9.47 Å². The molecule has 0 radical (unpaired) electrons. The Hall–Kier alpha value is -2.00. The molecule has 0 saturated carbocycles. The molecule has 7 nitrogen and oxygen atoms in total. The van der Waals surface area contributed by atoms with Crippen molar-refractivity contribution in [3.63, 3.8) is 0 Å². The molecule has 2 saturated heterocycles. The van der Waals surface area contributed by atoms with E-state index in [1.807, 2.05) is 19.9 Å². The van der Waals surface area contributed by atoms with E-state index in [9.17, 15) is 14.4 Å². The van der Waals surface area contributed by atoms with Crippen molar-refractivity contribution in [2.45, 2.75) is 45.6 Å². The van der Waals surface area contributed by atoms with Gasteiger partial charge in [-0.3, -0.25) is 19.3 Å². The van der Waals surface area contributed by atoms with Gasteiger partial charge >= 0.3 is 0 Å². The average molecular weight is 511 g/mol. The van der Waals surface area contributed by atoms with E-state index >= 15 is 0 Å². The highest BCUT2D eigenvalue weighted by Crippen LogP contribution is 2.39. The smallest absolute Gasteiger partial charge is 0.294 e. The van der Waals surface area contributed by atoms with Crippen molar-refractivity contribution in [2.75, 3.05) is 26.7 Å². The van der Waals surface area contributed by atoms with Crippen LogP contribution in [0, 0.1) is 0 Å². The normalized spacial score (nSPS) is 19.2. The van der Waals surface area contributed by atoms with E-state index in [4.69, 9.17) is 9.47 Å². The second kappa shape index (κ2) is 10.5. The zero-order valence-corrected chi connectivity index (χ0v) is 20.4. The number of carbonyl (C=O) groups is 3. The summed E-state index contributed by atoms with van der Waals surface area (Å²) in [6.07, 6.45) is 5.53. The van der Waals surface area contributed by atoms with Crippen LogP contribution in [0.3, 0.4) is 0 Å². The lowest BCUT2D eigenvalue weighted by molar-refractivity contribution is -0.136. The minimum absolute atomic E-state index is 0.0185. The van der Waals surface area contributed by atoms with Crippen molar-refractivity contribution < 1.29 is 23.9 Å². The maximum atomic E-state index is 12.8. The Labute approximate surface area is 195 Å². The van der Waals surface area contributed by atoms with Gasteiger partial charge in [-0.2, -0.15) is 0 Å². The number of methoxy groups -OCH3 is 1. The van der Waals surface area contributed by atoms with E-state index in [-0.39, 0.29) is 23.5 Å². The van der Waals surface area contributed by atoms with E-state index in [0.717, 1.165) is 42.3 Å². The molecular weight excluding hydrogens is 484 g/mol. The maximum absolute atomic E-state index is 12.8. The molecule has 3 rings (SSSR count). The Morgan fingerprint density at radius 1 is 1.26 bits per heavy atom. The summed E-state index contributed by atoms with van der Waals surface area (Å²) in [6.45, 7) is 5.16. The molecule has 0 spiro atoms. The van der Waals surface area contributed by atoms with Crippen LogP contribution >= 0.6 is 27.7 Å². The SMILES string of the molecule is CC[C@@H](C)Oc1c(Br)cc(/C=C2\SC(=O)N(CC(=O)N3CCCCC3)C2=O)cc1OC. The predicted octanol–water partition coefficient (Wildman–Crippen LogP) is 4.68. The van der Waals surface area contributed by atoms with Crippen molar-refractivity contribution in [1.29, 1.82) is 0 Å². The summed E-state index contributed by atoms with van der Waals surface area (Å²) in [4.78, 5) is 40.8. The predicted molar refractivity (Wildman–Crippen MR) is 124 cm³/mol. The first-order valence-electron chi connectivity index (χ1n) is 10.4. The van der Waals surface area contributed by atoms with Gasteiger partial charge in [0.15, 0.2) is 11.5 Å². The Morgan fingerprint density at radius 2 is 1.97 bits per heavy atom. The van der Waals surface area contributed by atoms with Crippen LogP contribution in [-0.2, 0) is 9.59 Å². The fourth-order valence-electron chi connectivity index (χ4n) is 3.39. The molecule has 0 aliphatic carbocycles. The molecule has 1 aromatic rings. The summed E-state index contributed by atoms with van der Waals surface area (Å²) in [7, 11) is 1.55. The fourth-order valence-corrected chi connectivity index (χ4v) is 4.78. The molecule has 3 amide bonds. The second-order valence-electron chi connectivity index (χ2n) is 7.58. The lowest BCUT2D eigenvalue weighted by Crippen LogP contribution is -2.44. The van der Waals surface area contributed by atoms with Crippen molar-refractivity contribution >= 4 is 50.8 Å². The molecule has 1 atom stereocenters. The third-order valence-electron chi connectivity index (χ3n) is 5.32. The molecule has 9 heteroatoms. The summed E-state index contributed by atoms with van der Waals surface area (Å²) in [6, 6.07) is 3.57. The molecule has 1 aromatic carbocycles. The Kier molecular flexibility index (Phi) is 8.05. The van der Waals surface area contributed by atoms with Crippen LogP contribution in [0.2, 0.25) is 0 Å². The highest BCUT2D eigenvalue weighted by molar-refractivity contribution is 9.10. The van der Waals surface area contributed by atoms with Crippen LogP contribution in [0.1, 0.15) is 45.1 Å². The topological polar surface area (TPSA) is 76.2 Å². The van der Waals surface area contributed by atoms with E-state index in [1.165, 1.54) is 0 Å². The number of nitrogens with zero attached hydrogens (tertiary/aromatic N) is 2. The van der Waals surface area contributed by atoms with Crippen LogP contribution in [0.4, 0.5) is 4.79 Å². The monoisotopic (exact) mass is 510 g/mol. The van der Waals surface area contributed by atoms with Crippen molar-refractivity contribution in [2.24, 2.45) is 0 Å². The van der Waals surface area contributed by atoms with Gasteiger partial charge in [-0.25, -0.2) is 0 Å². The second-order valence-corrected chi connectivity index (χ2v) is 9.43. The number of hydrogen-bond donors (Lipinski definition) is 0. The Balaban J connectivity index is 1.77. The highest BCUT2D eigenvalue weighted by atomic mass is 79.9. The number of amides is 3. The molecule has 2 aliphatic rings. The van der Waals surface area contributed by atoms with Crippen LogP contribution in [0.25, 0.3) is 6.08 Å². The largest absolute Gasteiger partial charge is 0.493 e. The number of piperidine rings is 1. The van der Waals surface area contributed by atoms with Gasteiger partial charge in [0.2, 0.25) is 5.91 Å². The van der Waals surface area contributed by atoms with Crippen molar-refractivity contribution in [1.82, 2.24) is 9.80 Å². The number of carbonyl (C=O) groups excluding carboxylic acids is 3. The van der Waals surface area contributed by atoms with E-state index in [0.29, 0.717) is 34.6 Å². The van der Waals surface area contributed by atoms with Gasteiger partial charge in [-0.05, 0) is 84.1 Å². The molecule has 0 N–H and O–H groups in total. The molecule has 2 heterocycles. The number of halogens is 1. The molecule has 0 bridgehead atoms. The summed E-state index contributed by atoms with van der Waals surface area (Å²) in [5.41, 5.74) is 0.688. The van der Waals surface area contributed by atoms with Crippen molar-refractivity contribution in [3.05, 3.63) is 27.1 Å². The van der Waals surface area contributed by atoms with E-state index in [1.54, 1.807) is 24.2 Å². The first-order valence-corrected chi connectivity index (χ1v) is 12.0. The third-order valence-corrected chi connectivity index (χ3v) is 6.82. The minimum Gasteiger partial charge on any atom is -0.493 e. The molecular formula is C22H27BrN2O5S. The van der Waals surface area contributed by atoms with Gasteiger partial charge in [0.1, 0.15) is 6.54 Å².